The fourth-order valence-electron chi connectivity index (χ4n) is 1.18. The second-order valence-electron chi connectivity index (χ2n) is 3.53. The molecule has 1 amide bonds. The molecule has 0 aliphatic heterocycles. The molecule has 0 spiro atoms. The van der Waals surface area contributed by atoms with Gasteiger partial charge in [-0.3, -0.25) is 4.79 Å². The van der Waals surface area contributed by atoms with Crippen molar-refractivity contribution in [3.05, 3.63) is 24.3 Å². The molecule has 1 atom stereocenters. The number of alkyl halides is 1. The first kappa shape index (κ1) is 14.3. The van der Waals surface area contributed by atoms with Gasteiger partial charge in [0.2, 0.25) is 0 Å². The first-order chi connectivity index (χ1) is 8.52. The molecule has 0 saturated carbocycles. The SMILES string of the molecule is O=C(O)C(=O)Nc1cccc(NCC(O)CCl)c1. The topological polar surface area (TPSA) is 98.7 Å². The van der Waals surface area contributed by atoms with Crippen molar-refractivity contribution in [2.24, 2.45) is 0 Å². The molecule has 0 radical (unpaired) electrons. The van der Waals surface area contributed by atoms with Crippen LogP contribution in [0.1, 0.15) is 0 Å². The number of hydrogen-bond donors (Lipinski definition) is 4. The lowest BCUT2D eigenvalue weighted by Crippen LogP contribution is -2.22. The Labute approximate surface area is 109 Å². The number of carboxylic acid groups (broad SMARTS) is 1. The van der Waals surface area contributed by atoms with Crippen LogP contribution >= 0.6 is 11.6 Å². The highest BCUT2D eigenvalue weighted by Gasteiger charge is 2.11. The molecule has 0 heterocycles. The minimum atomic E-state index is -1.55. The highest BCUT2D eigenvalue weighted by Crippen LogP contribution is 2.15. The van der Waals surface area contributed by atoms with Gasteiger partial charge < -0.3 is 20.8 Å². The molecule has 18 heavy (non-hydrogen) atoms. The van der Waals surface area contributed by atoms with E-state index in [1.165, 1.54) is 0 Å². The summed E-state index contributed by atoms with van der Waals surface area (Å²) in [5.74, 6) is -2.54. The average molecular weight is 273 g/mol. The quantitative estimate of drug-likeness (QED) is 0.468. The van der Waals surface area contributed by atoms with E-state index in [-0.39, 0.29) is 12.4 Å². The summed E-state index contributed by atoms with van der Waals surface area (Å²) in [4.78, 5) is 21.3. The third-order valence-corrected chi connectivity index (χ3v) is 2.39. The number of halogens is 1. The fourth-order valence-corrected chi connectivity index (χ4v) is 1.29. The number of carbonyl (C=O) groups is 2. The summed E-state index contributed by atoms with van der Waals surface area (Å²) < 4.78 is 0. The van der Waals surface area contributed by atoms with E-state index in [9.17, 15) is 14.7 Å². The van der Waals surface area contributed by atoms with Crippen molar-refractivity contribution in [1.29, 1.82) is 0 Å². The lowest BCUT2D eigenvalue weighted by molar-refractivity contribution is -0.147. The number of aliphatic hydroxyl groups excluding tert-OH is 1. The second-order valence-corrected chi connectivity index (χ2v) is 3.84. The molecule has 1 rings (SSSR count). The van der Waals surface area contributed by atoms with Gasteiger partial charge in [0.15, 0.2) is 0 Å². The van der Waals surface area contributed by atoms with Gasteiger partial charge in [0, 0.05) is 17.9 Å². The van der Waals surface area contributed by atoms with Gasteiger partial charge in [0.05, 0.1) is 12.0 Å². The molecule has 98 valence electrons. The van der Waals surface area contributed by atoms with E-state index < -0.39 is 18.0 Å². The van der Waals surface area contributed by atoms with Crippen LogP contribution in [0.25, 0.3) is 0 Å². The van der Waals surface area contributed by atoms with Crippen LogP contribution in [-0.4, -0.2) is 40.6 Å². The summed E-state index contributed by atoms with van der Waals surface area (Å²) in [7, 11) is 0. The third-order valence-electron chi connectivity index (χ3n) is 2.03. The summed E-state index contributed by atoms with van der Waals surface area (Å²) in [6.07, 6.45) is -0.677. The summed E-state index contributed by atoms with van der Waals surface area (Å²) in [5.41, 5.74) is 0.995. The van der Waals surface area contributed by atoms with Gasteiger partial charge in [-0.25, -0.2) is 4.79 Å². The molecule has 1 unspecified atom stereocenters. The Hall–Kier alpha value is -1.79. The van der Waals surface area contributed by atoms with Gasteiger partial charge >= 0.3 is 11.9 Å². The van der Waals surface area contributed by atoms with Gasteiger partial charge in [0.1, 0.15) is 0 Å². The zero-order valence-electron chi connectivity index (χ0n) is 9.39. The summed E-state index contributed by atoms with van der Waals surface area (Å²) in [5, 5.41) is 22.8. The fraction of sp³-hybridized carbons (Fsp3) is 0.273. The standard InChI is InChI=1S/C11H13ClN2O4/c12-5-9(15)6-13-7-2-1-3-8(4-7)14-10(16)11(17)18/h1-4,9,13,15H,5-6H2,(H,14,16)(H,17,18). The van der Waals surface area contributed by atoms with Crippen LogP contribution in [0.4, 0.5) is 11.4 Å². The molecule has 0 aliphatic rings. The molecule has 6 nitrogen and oxygen atoms in total. The maximum Gasteiger partial charge on any atom is 0.394 e. The van der Waals surface area contributed by atoms with Crippen molar-refractivity contribution in [3.8, 4) is 0 Å². The normalized spacial score (nSPS) is 11.7. The molecule has 0 bridgehead atoms. The lowest BCUT2D eigenvalue weighted by atomic mass is 10.2. The number of aliphatic carboxylic acids is 1. The monoisotopic (exact) mass is 272 g/mol. The van der Waals surface area contributed by atoms with E-state index >= 15 is 0 Å². The number of carboxylic acids is 1. The van der Waals surface area contributed by atoms with Crippen molar-refractivity contribution < 1.29 is 19.8 Å². The highest BCUT2D eigenvalue weighted by atomic mass is 35.5. The number of hydrogen-bond acceptors (Lipinski definition) is 4. The number of rotatable bonds is 5. The first-order valence-electron chi connectivity index (χ1n) is 5.15. The molecule has 0 aromatic heterocycles. The second kappa shape index (κ2) is 6.83. The minimum absolute atomic E-state index is 0.114. The molecule has 1 aromatic rings. The van der Waals surface area contributed by atoms with Crippen LogP contribution in [-0.2, 0) is 9.59 Å². The van der Waals surface area contributed by atoms with Crippen molar-refractivity contribution in [1.82, 2.24) is 0 Å². The zero-order chi connectivity index (χ0) is 13.5. The summed E-state index contributed by atoms with van der Waals surface area (Å²) >= 11 is 5.44. The maximum absolute atomic E-state index is 10.9. The molecule has 4 N–H and O–H groups in total. The number of benzene rings is 1. The van der Waals surface area contributed by atoms with Crippen LogP contribution in [0.15, 0.2) is 24.3 Å². The van der Waals surface area contributed by atoms with Gasteiger partial charge in [-0.05, 0) is 18.2 Å². The number of aliphatic hydroxyl groups is 1. The van der Waals surface area contributed by atoms with Crippen LogP contribution in [0, 0.1) is 0 Å². The van der Waals surface area contributed by atoms with Crippen molar-refractivity contribution >= 4 is 34.9 Å². The zero-order valence-corrected chi connectivity index (χ0v) is 10.1. The van der Waals surface area contributed by atoms with E-state index in [1.807, 2.05) is 0 Å². The molecule has 7 heteroatoms. The Bertz CT molecular complexity index is 439. The van der Waals surface area contributed by atoms with Gasteiger partial charge in [-0.1, -0.05) is 6.07 Å². The van der Waals surface area contributed by atoms with E-state index in [1.54, 1.807) is 24.3 Å². The Morgan fingerprint density at radius 2 is 2.00 bits per heavy atom. The molecule has 0 fully saturated rings. The van der Waals surface area contributed by atoms with Gasteiger partial charge in [-0.15, -0.1) is 11.6 Å². The van der Waals surface area contributed by atoms with E-state index in [2.05, 4.69) is 10.6 Å². The molecule has 0 aliphatic carbocycles. The Kier molecular flexibility index (Phi) is 5.41. The Morgan fingerprint density at radius 3 is 2.61 bits per heavy atom. The van der Waals surface area contributed by atoms with Gasteiger partial charge in [-0.2, -0.15) is 0 Å². The number of anilines is 2. The largest absolute Gasteiger partial charge is 0.474 e. The van der Waals surface area contributed by atoms with E-state index in [0.29, 0.717) is 11.4 Å². The van der Waals surface area contributed by atoms with Gasteiger partial charge in [0.25, 0.3) is 0 Å². The molecule has 1 aromatic carbocycles. The summed E-state index contributed by atoms with van der Waals surface area (Å²) in [6, 6.07) is 6.48. The van der Waals surface area contributed by atoms with Crippen molar-refractivity contribution in [3.63, 3.8) is 0 Å². The minimum Gasteiger partial charge on any atom is -0.474 e. The first-order valence-corrected chi connectivity index (χ1v) is 5.68. The smallest absolute Gasteiger partial charge is 0.394 e. The molecule has 0 saturated heterocycles. The van der Waals surface area contributed by atoms with Crippen LogP contribution in [0.5, 0.6) is 0 Å². The van der Waals surface area contributed by atoms with Crippen molar-refractivity contribution in [2.45, 2.75) is 6.10 Å². The Balaban J connectivity index is 2.62. The highest BCUT2D eigenvalue weighted by molar-refractivity contribution is 6.36. The Morgan fingerprint density at radius 1 is 1.33 bits per heavy atom. The molecular weight excluding hydrogens is 260 g/mol. The van der Waals surface area contributed by atoms with Crippen LogP contribution in [0.3, 0.4) is 0 Å². The third kappa shape index (κ3) is 4.60. The molecular formula is C11H13ClN2O4. The predicted octanol–water partition coefficient (Wildman–Crippen LogP) is 0.721. The number of carbonyl (C=O) groups excluding carboxylic acids is 1. The predicted molar refractivity (Wildman–Crippen MR) is 67.9 cm³/mol. The number of nitrogens with one attached hydrogen (secondary N) is 2. The van der Waals surface area contributed by atoms with Crippen LogP contribution < -0.4 is 10.6 Å². The van der Waals surface area contributed by atoms with E-state index in [0.717, 1.165) is 0 Å². The van der Waals surface area contributed by atoms with Crippen molar-refractivity contribution in [2.75, 3.05) is 23.1 Å². The van der Waals surface area contributed by atoms with Crippen LogP contribution in [0.2, 0.25) is 0 Å². The summed E-state index contributed by atoms with van der Waals surface area (Å²) in [6.45, 7) is 0.264. The number of amides is 1. The van der Waals surface area contributed by atoms with E-state index in [4.69, 9.17) is 16.7 Å². The lowest BCUT2D eigenvalue weighted by Gasteiger charge is -2.11. The maximum atomic E-state index is 10.9. The average Bonchev–Trinajstić information content (AvgIpc) is 2.36.